The monoisotopic (exact) mass is 217 g/mol. The van der Waals surface area contributed by atoms with Crippen molar-refractivity contribution in [3.63, 3.8) is 0 Å². The Balaban J connectivity index is 1.71. The highest BCUT2D eigenvalue weighted by atomic mass is 16.5. The number of rotatable bonds is 5. The van der Waals surface area contributed by atoms with Crippen LogP contribution in [-0.4, -0.2) is 13.2 Å². The van der Waals surface area contributed by atoms with Crippen molar-refractivity contribution in [1.29, 1.82) is 0 Å². The van der Waals surface area contributed by atoms with E-state index in [0.717, 1.165) is 24.8 Å². The van der Waals surface area contributed by atoms with E-state index < -0.39 is 0 Å². The minimum absolute atomic E-state index is 0.277. The topological polar surface area (TPSA) is 35.2 Å². The van der Waals surface area contributed by atoms with Gasteiger partial charge in [0.25, 0.3) is 0 Å². The molecule has 2 aliphatic carbocycles. The molecule has 3 rings (SSSR count). The van der Waals surface area contributed by atoms with Crippen molar-refractivity contribution in [1.82, 2.24) is 0 Å². The highest BCUT2D eigenvalue weighted by Crippen LogP contribution is 2.47. The van der Waals surface area contributed by atoms with Crippen molar-refractivity contribution >= 4 is 0 Å². The van der Waals surface area contributed by atoms with E-state index in [0.29, 0.717) is 0 Å². The van der Waals surface area contributed by atoms with Gasteiger partial charge in [0.1, 0.15) is 5.75 Å². The first-order valence-corrected chi connectivity index (χ1v) is 6.26. The van der Waals surface area contributed by atoms with Gasteiger partial charge >= 0.3 is 0 Å². The average molecular weight is 217 g/mol. The Morgan fingerprint density at radius 3 is 2.75 bits per heavy atom. The predicted octanol–water partition coefficient (Wildman–Crippen LogP) is 2.47. The molecule has 0 radical (unpaired) electrons. The van der Waals surface area contributed by atoms with E-state index in [4.69, 9.17) is 10.5 Å². The molecule has 0 unspecified atom stereocenters. The van der Waals surface area contributed by atoms with Crippen LogP contribution in [0.2, 0.25) is 0 Å². The second-order valence-electron chi connectivity index (χ2n) is 5.27. The third-order valence-electron chi connectivity index (χ3n) is 3.87. The molecule has 0 bridgehead atoms. The molecule has 0 aliphatic heterocycles. The fraction of sp³-hybridized carbons (Fsp3) is 0.571. The van der Waals surface area contributed by atoms with E-state index in [1.54, 1.807) is 0 Å². The lowest BCUT2D eigenvalue weighted by Crippen LogP contribution is -2.19. The number of hydrogen-bond donors (Lipinski definition) is 1. The Hall–Kier alpha value is -1.02. The number of hydrogen-bond acceptors (Lipinski definition) is 2. The fourth-order valence-electron chi connectivity index (χ4n) is 2.18. The summed E-state index contributed by atoms with van der Waals surface area (Å²) in [5, 5.41) is 0. The largest absolute Gasteiger partial charge is 0.493 e. The molecule has 0 heterocycles. The molecule has 86 valence electrons. The highest BCUT2D eigenvalue weighted by molar-refractivity contribution is 5.37. The molecular formula is C14H19NO. The van der Waals surface area contributed by atoms with Crippen LogP contribution < -0.4 is 10.5 Å². The van der Waals surface area contributed by atoms with E-state index in [-0.39, 0.29) is 5.41 Å². The van der Waals surface area contributed by atoms with Crippen molar-refractivity contribution in [3.8, 4) is 5.75 Å². The zero-order chi connectivity index (χ0) is 11.0. The van der Waals surface area contributed by atoms with E-state index in [9.17, 15) is 0 Å². The molecule has 1 aromatic rings. The molecule has 0 saturated heterocycles. The average Bonchev–Trinajstić information content (AvgIpc) is 3.20. The molecule has 0 amide bonds. The second-order valence-corrected chi connectivity index (χ2v) is 5.27. The van der Waals surface area contributed by atoms with Crippen molar-refractivity contribution in [3.05, 3.63) is 29.8 Å². The van der Waals surface area contributed by atoms with Crippen LogP contribution in [0.25, 0.3) is 0 Å². The lowest BCUT2D eigenvalue weighted by molar-refractivity contribution is 0.299. The lowest BCUT2D eigenvalue weighted by Gasteiger charge is -2.14. The Labute approximate surface area is 96.8 Å². The van der Waals surface area contributed by atoms with Crippen LogP contribution in [0.3, 0.4) is 0 Å². The van der Waals surface area contributed by atoms with Crippen LogP contribution in [0.15, 0.2) is 24.3 Å². The Bertz CT molecular complexity index is 380. The van der Waals surface area contributed by atoms with Gasteiger partial charge in [-0.25, -0.2) is 0 Å². The SMILES string of the molecule is NCC1(c2cccc(OCC3CC3)c2)CC1. The molecule has 1 aromatic carbocycles. The van der Waals surface area contributed by atoms with Gasteiger partial charge in [-0.3, -0.25) is 0 Å². The molecule has 2 N–H and O–H groups in total. The zero-order valence-corrected chi connectivity index (χ0v) is 9.61. The first-order valence-electron chi connectivity index (χ1n) is 6.26. The Morgan fingerprint density at radius 1 is 1.31 bits per heavy atom. The summed E-state index contributed by atoms with van der Waals surface area (Å²) in [5.74, 6) is 1.83. The van der Waals surface area contributed by atoms with Crippen LogP contribution in [-0.2, 0) is 5.41 Å². The second kappa shape index (κ2) is 3.77. The molecule has 2 heteroatoms. The predicted molar refractivity (Wildman–Crippen MR) is 64.6 cm³/mol. The van der Waals surface area contributed by atoms with Crippen molar-refractivity contribution in [2.24, 2.45) is 11.7 Å². The molecule has 2 saturated carbocycles. The number of benzene rings is 1. The number of nitrogens with two attached hydrogens (primary N) is 1. The summed E-state index contributed by atoms with van der Waals surface area (Å²) in [7, 11) is 0. The summed E-state index contributed by atoms with van der Waals surface area (Å²) in [5.41, 5.74) is 7.48. The number of ether oxygens (including phenoxy) is 1. The van der Waals surface area contributed by atoms with E-state index >= 15 is 0 Å². The van der Waals surface area contributed by atoms with Crippen LogP contribution in [0.4, 0.5) is 0 Å². The van der Waals surface area contributed by atoms with Gasteiger partial charge < -0.3 is 10.5 Å². The first-order chi connectivity index (χ1) is 7.82. The third-order valence-corrected chi connectivity index (χ3v) is 3.87. The molecule has 0 spiro atoms. The lowest BCUT2D eigenvalue weighted by atomic mass is 9.96. The summed E-state index contributed by atoms with van der Waals surface area (Å²) < 4.78 is 5.80. The van der Waals surface area contributed by atoms with Gasteiger partial charge in [-0.15, -0.1) is 0 Å². The van der Waals surface area contributed by atoms with Crippen LogP contribution in [0.1, 0.15) is 31.2 Å². The van der Waals surface area contributed by atoms with Gasteiger partial charge in [-0.2, -0.15) is 0 Å². The molecule has 2 fully saturated rings. The quantitative estimate of drug-likeness (QED) is 0.822. The molecule has 16 heavy (non-hydrogen) atoms. The van der Waals surface area contributed by atoms with Gasteiger partial charge in [0.2, 0.25) is 0 Å². The van der Waals surface area contributed by atoms with Crippen LogP contribution >= 0.6 is 0 Å². The maximum atomic E-state index is 5.84. The van der Waals surface area contributed by atoms with Crippen LogP contribution in [0, 0.1) is 5.92 Å². The Kier molecular flexibility index (Phi) is 2.40. The third kappa shape index (κ3) is 1.94. The molecular weight excluding hydrogens is 198 g/mol. The van der Waals surface area contributed by atoms with E-state index in [1.807, 2.05) is 0 Å². The summed E-state index contributed by atoms with van der Waals surface area (Å²) in [4.78, 5) is 0. The van der Waals surface area contributed by atoms with E-state index in [1.165, 1.54) is 31.2 Å². The fourth-order valence-corrected chi connectivity index (χ4v) is 2.18. The molecule has 2 aliphatic rings. The minimum Gasteiger partial charge on any atom is -0.493 e. The summed E-state index contributed by atoms with van der Waals surface area (Å²) in [6, 6.07) is 8.51. The van der Waals surface area contributed by atoms with Gasteiger partial charge in [0.05, 0.1) is 6.61 Å². The summed E-state index contributed by atoms with van der Waals surface area (Å²) >= 11 is 0. The standard InChI is InChI=1S/C14H19NO/c15-10-14(6-7-14)12-2-1-3-13(8-12)16-9-11-4-5-11/h1-3,8,11H,4-7,9-10,15H2. The molecule has 0 atom stereocenters. The van der Waals surface area contributed by atoms with Gasteiger partial charge in [-0.1, -0.05) is 12.1 Å². The van der Waals surface area contributed by atoms with E-state index in [2.05, 4.69) is 24.3 Å². The van der Waals surface area contributed by atoms with Gasteiger partial charge in [0, 0.05) is 12.0 Å². The molecule has 0 aromatic heterocycles. The maximum absolute atomic E-state index is 5.84. The summed E-state index contributed by atoms with van der Waals surface area (Å²) in [6.07, 6.45) is 5.14. The Morgan fingerprint density at radius 2 is 2.12 bits per heavy atom. The summed E-state index contributed by atoms with van der Waals surface area (Å²) in [6.45, 7) is 1.65. The van der Waals surface area contributed by atoms with Crippen LogP contribution in [0.5, 0.6) is 5.75 Å². The van der Waals surface area contributed by atoms with Gasteiger partial charge in [0.15, 0.2) is 0 Å². The molecule has 2 nitrogen and oxygen atoms in total. The maximum Gasteiger partial charge on any atom is 0.119 e. The zero-order valence-electron chi connectivity index (χ0n) is 9.61. The smallest absolute Gasteiger partial charge is 0.119 e. The van der Waals surface area contributed by atoms with Crippen molar-refractivity contribution in [2.45, 2.75) is 31.1 Å². The van der Waals surface area contributed by atoms with Gasteiger partial charge in [-0.05, 0) is 49.3 Å². The van der Waals surface area contributed by atoms with Crippen molar-refractivity contribution < 1.29 is 4.74 Å². The normalized spacial score (nSPS) is 21.8. The van der Waals surface area contributed by atoms with Crippen molar-refractivity contribution in [2.75, 3.05) is 13.2 Å². The first kappa shape index (κ1) is 10.2. The minimum atomic E-state index is 0.277. The highest BCUT2D eigenvalue weighted by Gasteiger charge is 2.42.